The van der Waals surface area contributed by atoms with E-state index in [0.717, 1.165) is 17.0 Å². The van der Waals surface area contributed by atoms with Crippen LogP contribution in [0.4, 0.5) is 0 Å². The number of aromatic nitrogens is 2. The molecule has 0 bridgehead atoms. The zero-order valence-electron chi connectivity index (χ0n) is 8.91. The predicted molar refractivity (Wildman–Crippen MR) is 63.7 cm³/mol. The Morgan fingerprint density at radius 3 is 3.07 bits per heavy atom. The Kier molecular flexibility index (Phi) is 3.43. The average molecular weight is 273 g/mol. The number of hydrogen-bond donors (Lipinski definition) is 2. The van der Waals surface area contributed by atoms with E-state index in [1.807, 2.05) is 0 Å². The van der Waals surface area contributed by atoms with Gasteiger partial charge in [0.05, 0.1) is 6.20 Å². The van der Waals surface area contributed by atoms with Crippen LogP contribution in [-0.4, -0.2) is 41.5 Å². The fourth-order valence-corrected chi connectivity index (χ4v) is 2.63. The highest BCUT2D eigenvalue weighted by Crippen LogP contribution is 2.29. The molecule has 1 aliphatic rings. The number of nitrogens with one attached hydrogen (secondary N) is 1. The molecule has 2 unspecified atom stereocenters. The SMILES string of the molecule is CN1CCC(C(CN)c2ncc(Br)[nH]2)C1. The van der Waals surface area contributed by atoms with Crippen molar-refractivity contribution in [2.75, 3.05) is 26.7 Å². The highest BCUT2D eigenvalue weighted by molar-refractivity contribution is 9.10. The van der Waals surface area contributed by atoms with Crippen molar-refractivity contribution in [3.8, 4) is 0 Å². The van der Waals surface area contributed by atoms with Crippen LogP contribution >= 0.6 is 15.9 Å². The first-order valence-electron chi connectivity index (χ1n) is 5.29. The van der Waals surface area contributed by atoms with Crippen molar-refractivity contribution in [3.63, 3.8) is 0 Å². The molecule has 1 aromatic heterocycles. The maximum atomic E-state index is 5.85. The fraction of sp³-hybridized carbons (Fsp3) is 0.700. The van der Waals surface area contributed by atoms with Gasteiger partial charge in [-0.15, -0.1) is 0 Å². The van der Waals surface area contributed by atoms with E-state index in [2.05, 4.69) is 37.8 Å². The lowest BCUT2D eigenvalue weighted by atomic mass is 9.91. The Labute approximate surface area is 98.4 Å². The number of rotatable bonds is 3. The smallest absolute Gasteiger partial charge is 0.111 e. The maximum absolute atomic E-state index is 5.85. The molecule has 5 heteroatoms. The molecular weight excluding hydrogens is 256 g/mol. The van der Waals surface area contributed by atoms with Crippen LogP contribution in [0, 0.1) is 5.92 Å². The fourth-order valence-electron chi connectivity index (χ4n) is 2.33. The highest BCUT2D eigenvalue weighted by atomic mass is 79.9. The lowest BCUT2D eigenvalue weighted by Crippen LogP contribution is -2.25. The van der Waals surface area contributed by atoms with Crippen LogP contribution in [0.5, 0.6) is 0 Å². The molecule has 2 atom stereocenters. The summed E-state index contributed by atoms with van der Waals surface area (Å²) in [5, 5.41) is 0. The molecule has 0 saturated carbocycles. The third-order valence-corrected chi connectivity index (χ3v) is 3.57. The standard InChI is InChI=1S/C10H17BrN4/c1-15-3-2-7(6-15)8(4-12)10-13-5-9(11)14-10/h5,7-8H,2-4,6,12H2,1H3,(H,13,14). The van der Waals surface area contributed by atoms with Crippen LogP contribution in [0.3, 0.4) is 0 Å². The average Bonchev–Trinajstić information content (AvgIpc) is 2.78. The van der Waals surface area contributed by atoms with E-state index in [-0.39, 0.29) is 0 Å². The van der Waals surface area contributed by atoms with Crippen molar-refractivity contribution >= 4 is 15.9 Å². The number of nitrogens with two attached hydrogens (primary N) is 1. The van der Waals surface area contributed by atoms with Gasteiger partial charge >= 0.3 is 0 Å². The van der Waals surface area contributed by atoms with Crippen LogP contribution in [-0.2, 0) is 0 Å². The summed E-state index contributed by atoms with van der Waals surface area (Å²) in [5.41, 5.74) is 5.85. The summed E-state index contributed by atoms with van der Waals surface area (Å²) in [5.74, 6) is 2.02. The van der Waals surface area contributed by atoms with Crippen molar-refractivity contribution < 1.29 is 0 Å². The summed E-state index contributed by atoms with van der Waals surface area (Å²) in [6, 6.07) is 0. The van der Waals surface area contributed by atoms with Crippen LogP contribution in [0.15, 0.2) is 10.8 Å². The number of aromatic amines is 1. The lowest BCUT2D eigenvalue weighted by Gasteiger charge is -2.19. The zero-order valence-corrected chi connectivity index (χ0v) is 10.5. The van der Waals surface area contributed by atoms with E-state index in [1.165, 1.54) is 13.0 Å². The molecule has 84 valence electrons. The summed E-state index contributed by atoms with van der Waals surface area (Å²) >= 11 is 3.38. The number of imidazole rings is 1. The maximum Gasteiger partial charge on any atom is 0.111 e. The first kappa shape index (κ1) is 11.1. The molecule has 1 fully saturated rings. The summed E-state index contributed by atoms with van der Waals surface area (Å²) in [4.78, 5) is 9.93. The number of H-pyrrole nitrogens is 1. The molecule has 4 nitrogen and oxygen atoms in total. The molecule has 2 rings (SSSR count). The minimum Gasteiger partial charge on any atom is -0.336 e. The van der Waals surface area contributed by atoms with E-state index < -0.39 is 0 Å². The quantitative estimate of drug-likeness (QED) is 0.869. The van der Waals surface area contributed by atoms with Gasteiger partial charge in [-0.1, -0.05) is 0 Å². The lowest BCUT2D eigenvalue weighted by molar-refractivity contribution is 0.367. The molecule has 0 amide bonds. The van der Waals surface area contributed by atoms with E-state index in [9.17, 15) is 0 Å². The normalized spacial score (nSPS) is 24.6. The van der Waals surface area contributed by atoms with Gasteiger partial charge < -0.3 is 15.6 Å². The van der Waals surface area contributed by atoms with Crippen molar-refractivity contribution in [3.05, 3.63) is 16.6 Å². The van der Waals surface area contributed by atoms with Crippen molar-refractivity contribution in [2.45, 2.75) is 12.3 Å². The first-order chi connectivity index (χ1) is 7.20. The van der Waals surface area contributed by atoms with Gasteiger partial charge in [0.15, 0.2) is 0 Å². The Hall–Kier alpha value is -0.390. The minimum absolute atomic E-state index is 0.362. The molecule has 0 spiro atoms. The second-order valence-corrected chi connectivity index (χ2v) is 5.12. The molecule has 1 aromatic rings. The van der Waals surface area contributed by atoms with E-state index >= 15 is 0 Å². The van der Waals surface area contributed by atoms with E-state index in [4.69, 9.17) is 5.73 Å². The van der Waals surface area contributed by atoms with Crippen LogP contribution < -0.4 is 5.73 Å². The Morgan fingerprint density at radius 2 is 2.60 bits per heavy atom. The van der Waals surface area contributed by atoms with E-state index in [0.29, 0.717) is 18.4 Å². The van der Waals surface area contributed by atoms with Gasteiger partial charge in [-0.3, -0.25) is 0 Å². The molecule has 1 saturated heterocycles. The van der Waals surface area contributed by atoms with Gasteiger partial charge in [0.2, 0.25) is 0 Å². The Bertz CT molecular complexity index is 325. The third-order valence-electron chi connectivity index (χ3n) is 3.17. The predicted octanol–water partition coefficient (Wildman–Crippen LogP) is 1.17. The highest BCUT2D eigenvalue weighted by Gasteiger charge is 2.29. The molecule has 0 radical (unpaired) electrons. The van der Waals surface area contributed by atoms with Gasteiger partial charge in [0.1, 0.15) is 10.4 Å². The number of likely N-dealkylation sites (tertiary alicyclic amines) is 1. The van der Waals surface area contributed by atoms with Crippen molar-refractivity contribution in [1.29, 1.82) is 0 Å². The first-order valence-corrected chi connectivity index (χ1v) is 6.09. The monoisotopic (exact) mass is 272 g/mol. The molecule has 0 aliphatic carbocycles. The number of hydrogen-bond acceptors (Lipinski definition) is 3. The Balaban J connectivity index is 2.10. The second-order valence-electron chi connectivity index (χ2n) is 4.27. The van der Waals surface area contributed by atoms with Crippen molar-refractivity contribution in [2.24, 2.45) is 11.7 Å². The zero-order chi connectivity index (χ0) is 10.8. The van der Waals surface area contributed by atoms with Gasteiger partial charge in [-0.25, -0.2) is 4.98 Å². The van der Waals surface area contributed by atoms with Crippen LogP contribution in [0.25, 0.3) is 0 Å². The molecule has 0 aromatic carbocycles. The molecule has 1 aliphatic heterocycles. The number of nitrogens with zero attached hydrogens (tertiary/aromatic N) is 2. The third kappa shape index (κ3) is 2.41. The number of halogens is 1. The summed E-state index contributed by atoms with van der Waals surface area (Å²) < 4.78 is 0.933. The van der Waals surface area contributed by atoms with Crippen molar-refractivity contribution in [1.82, 2.24) is 14.9 Å². The second kappa shape index (κ2) is 4.63. The molecular formula is C10H17BrN4. The van der Waals surface area contributed by atoms with Crippen LogP contribution in [0.1, 0.15) is 18.2 Å². The topological polar surface area (TPSA) is 57.9 Å². The van der Waals surface area contributed by atoms with Gasteiger partial charge in [-0.05, 0) is 41.9 Å². The summed E-state index contributed by atoms with van der Waals surface area (Å²) in [7, 11) is 2.16. The molecule has 2 heterocycles. The molecule has 15 heavy (non-hydrogen) atoms. The summed E-state index contributed by atoms with van der Waals surface area (Å²) in [6.07, 6.45) is 3.02. The summed E-state index contributed by atoms with van der Waals surface area (Å²) in [6.45, 7) is 2.96. The largest absolute Gasteiger partial charge is 0.336 e. The van der Waals surface area contributed by atoms with Gasteiger partial charge in [0.25, 0.3) is 0 Å². The van der Waals surface area contributed by atoms with Gasteiger partial charge in [0, 0.05) is 19.0 Å². The van der Waals surface area contributed by atoms with Crippen LogP contribution in [0.2, 0.25) is 0 Å². The molecule has 3 N–H and O–H groups in total. The Morgan fingerprint density at radius 1 is 1.80 bits per heavy atom. The van der Waals surface area contributed by atoms with E-state index in [1.54, 1.807) is 6.20 Å². The minimum atomic E-state index is 0.362. The van der Waals surface area contributed by atoms with Gasteiger partial charge in [-0.2, -0.15) is 0 Å².